The van der Waals surface area contributed by atoms with Gasteiger partial charge in [-0.2, -0.15) is 0 Å². The molecule has 7 heteroatoms. The summed E-state index contributed by atoms with van der Waals surface area (Å²) in [6.07, 6.45) is -0.422. The highest BCUT2D eigenvalue weighted by Gasteiger charge is 2.20. The highest BCUT2D eigenvalue weighted by Crippen LogP contribution is 2.01. The molecule has 0 aromatic heterocycles. The Balaban J connectivity index is 4.04. The van der Waals surface area contributed by atoms with E-state index in [0.717, 1.165) is 0 Å². The van der Waals surface area contributed by atoms with Crippen molar-refractivity contribution < 1.29 is 19.8 Å². The summed E-state index contributed by atoms with van der Waals surface area (Å²) in [6, 6.07) is 0. The molecule has 6 nitrogen and oxygen atoms in total. The number of nitrogens with one attached hydrogen (secondary N) is 2. The second-order valence-electron chi connectivity index (χ2n) is 2.59. The van der Waals surface area contributed by atoms with Gasteiger partial charge in [0.2, 0.25) is 0 Å². The maximum atomic E-state index is 10.6. The lowest BCUT2D eigenvalue weighted by atomic mass is 10.1. The van der Waals surface area contributed by atoms with E-state index in [2.05, 4.69) is 10.6 Å². The fourth-order valence-electron chi connectivity index (χ4n) is 0.762. The van der Waals surface area contributed by atoms with Crippen molar-refractivity contribution in [2.75, 3.05) is 13.6 Å². The molecule has 0 heterocycles. The summed E-state index contributed by atoms with van der Waals surface area (Å²) in [5.41, 5.74) is 0. The number of carbonyl (C=O) groups is 2. The van der Waals surface area contributed by atoms with Gasteiger partial charge in [-0.25, -0.2) is 0 Å². The largest absolute Gasteiger partial charge is 0.481 e. The van der Waals surface area contributed by atoms with Gasteiger partial charge < -0.3 is 20.8 Å². The van der Waals surface area contributed by atoms with E-state index in [1.54, 1.807) is 7.05 Å². The van der Waals surface area contributed by atoms with Gasteiger partial charge in [-0.1, -0.05) is 0 Å². The minimum Gasteiger partial charge on any atom is -0.481 e. The smallest absolute Gasteiger partial charge is 0.308 e. The van der Waals surface area contributed by atoms with Gasteiger partial charge in [0, 0.05) is 13.6 Å². The van der Waals surface area contributed by atoms with Crippen LogP contribution < -0.4 is 10.6 Å². The molecule has 0 amide bonds. The maximum Gasteiger partial charge on any atom is 0.308 e. The number of rotatable bonds is 5. The molecule has 1 unspecified atom stereocenters. The van der Waals surface area contributed by atoms with Crippen LogP contribution in [0, 0.1) is 5.92 Å². The van der Waals surface area contributed by atoms with Gasteiger partial charge in [0.15, 0.2) is 5.11 Å². The molecule has 0 aliphatic carbocycles. The van der Waals surface area contributed by atoms with Crippen molar-refractivity contribution in [3.05, 3.63) is 0 Å². The normalized spacial score (nSPS) is 11.5. The van der Waals surface area contributed by atoms with Crippen LogP contribution >= 0.6 is 12.2 Å². The molecule has 0 bridgehead atoms. The van der Waals surface area contributed by atoms with Crippen molar-refractivity contribution in [2.45, 2.75) is 6.42 Å². The highest BCUT2D eigenvalue weighted by atomic mass is 32.1. The second-order valence-corrected chi connectivity index (χ2v) is 3.00. The zero-order chi connectivity index (χ0) is 11.1. The predicted octanol–water partition coefficient (Wildman–Crippen LogP) is -0.744. The van der Waals surface area contributed by atoms with Crippen molar-refractivity contribution >= 4 is 29.3 Å². The average molecular weight is 220 g/mol. The Hall–Kier alpha value is -1.37. The molecule has 4 N–H and O–H groups in total. The van der Waals surface area contributed by atoms with E-state index >= 15 is 0 Å². The Morgan fingerprint density at radius 3 is 2.36 bits per heavy atom. The molecule has 0 radical (unpaired) electrons. The molecule has 0 saturated carbocycles. The third kappa shape index (κ3) is 5.31. The summed E-state index contributed by atoms with van der Waals surface area (Å²) in [5.74, 6) is -3.27. The van der Waals surface area contributed by atoms with Gasteiger partial charge in [-0.05, 0) is 12.2 Å². The molecular formula is C7H12N2O4S. The summed E-state index contributed by atoms with van der Waals surface area (Å²) in [4.78, 5) is 20.9. The summed E-state index contributed by atoms with van der Waals surface area (Å²) in [5, 5.41) is 22.5. The van der Waals surface area contributed by atoms with Crippen molar-refractivity contribution in [1.82, 2.24) is 10.6 Å². The fraction of sp³-hybridized carbons (Fsp3) is 0.571. The molecule has 0 saturated heterocycles. The number of aliphatic carboxylic acids is 2. The van der Waals surface area contributed by atoms with Crippen LogP contribution in [0.2, 0.25) is 0 Å². The standard InChI is InChI=1S/C7H12N2O4S/c1-8-7(14)9-3-4(6(12)13)2-5(10)11/h4H,2-3H2,1H3,(H,10,11)(H,12,13)(H2,8,9,14). The zero-order valence-electron chi connectivity index (χ0n) is 7.61. The molecule has 0 spiro atoms. The molecule has 0 rings (SSSR count). The molecule has 80 valence electrons. The van der Waals surface area contributed by atoms with Crippen LogP contribution in [0.15, 0.2) is 0 Å². The van der Waals surface area contributed by atoms with Crippen LogP contribution in [0.5, 0.6) is 0 Å². The Labute approximate surface area is 86.3 Å². The van der Waals surface area contributed by atoms with Gasteiger partial charge >= 0.3 is 11.9 Å². The van der Waals surface area contributed by atoms with E-state index in [1.165, 1.54) is 0 Å². The van der Waals surface area contributed by atoms with Crippen molar-refractivity contribution in [3.8, 4) is 0 Å². The third-order valence-electron chi connectivity index (χ3n) is 1.51. The summed E-state index contributed by atoms with van der Waals surface area (Å²) >= 11 is 4.71. The summed E-state index contributed by atoms with van der Waals surface area (Å²) < 4.78 is 0. The quantitative estimate of drug-likeness (QED) is 0.453. The molecule has 14 heavy (non-hydrogen) atoms. The van der Waals surface area contributed by atoms with Crippen LogP contribution in [-0.4, -0.2) is 40.9 Å². The Morgan fingerprint density at radius 2 is 2.00 bits per heavy atom. The second kappa shape index (κ2) is 6.14. The minimum atomic E-state index is -1.15. The minimum absolute atomic E-state index is 0.00130. The number of carboxylic acids is 2. The fourth-order valence-corrected chi connectivity index (χ4v) is 0.845. The lowest BCUT2D eigenvalue weighted by Crippen LogP contribution is -2.38. The van der Waals surface area contributed by atoms with Crippen molar-refractivity contribution in [3.63, 3.8) is 0 Å². The number of hydrogen-bond donors (Lipinski definition) is 4. The van der Waals surface area contributed by atoms with Crippen molar-refractivity contribution in [2.24, 2.45) is 5.92 Å². The van der Waals surface area contributed by atoms with Crippen LogP contribution in [0.4, 0.5) is 0 Å². The maximum absolute atomic E-state index is 10.6. The first-order valence-corrected chi connectivity index (χ1v) is 4.28. The molecule has 0 aromatic carbocycles. The Morgan fingerprint density at radius 1 is 1.43 bits per heavy atom. The topological polar surface area (TPSA) is 98.7 Å². The Bertz CT molecular complexity index is 244. The highest BCUT2D eigenvalue weighted by molar-refractivity contribution is 7.80. The predicted molar refractivity (Wildman–Crippen MR) is 53.0 cm³/mol. The molecule has 1 atom stereocenters. The van der Waals surface area contributed by atoms with Crippen LogP contribution in [0.3, 0.4) is 0 Å². The molecular weight excluding hydrogens is 208 g/mol. The van der Waals surface area contributed by atoms with E-state index in [-0.39, 0.29) is 6.54 Å². The zero-order valence-corrected chi connectivity index (χ0v) is 8.43. The van der Waals surface area contributed by atoms with Gasteiger partial charge in [0.05, 0.1) is 12.3 Å². The molecule has 0 aliphatic heterocycles. The summed E-state index contributed by atoms with van der Waals surface area (Å²) in [7, 11) is 1.59. The monoisotopic (exact) mass is 220 g/mol. The first-order chi connectivity index (χ1) is 6.47. The van der Waals surface area contributed by atoms with E-state index in [9.17, 15) is 9.59 Å². The number of carboxylic acid groups (broad SMARTS) is 2. The van der Waals surface area contributed by atoms with Gasteiger partial charge in [-0.15, -0.1) is 0 Å². The van der Waals surface area contributed by atoms with Gasteiger partial charge in [0.25, 0.3) is 0 Å². The van der Waals surface area contributed by atoms with Crippen LogP contribution in [0.1, 0.15) is 6.42 Å². The van der Waals surface area contributed by atoms with E-state index in [4.69, 9.17) is 22.4 Å². The average Bonchev–Trinajstić information content (AvgIpc) is 2.10. The molecule has 0 fully saturated rings. The molecule has 0 aromatic rings. The lowest BCUT2D eigenvalue weighted by Gasteiger charge is -2.12. The van der Waals surface area contributed by atoms with E-state index in [1.807, 2.05) is 0 Å². The van der Waals surface area contributed by atoms with E-state index in [0.29, 0.717) is 5.11 Å². The van der Waals surface area contributed by atoms with Gasteiger partial charge in [-0.3, -0.25) is 9.59 Å². The van der Waals surface area contributed by atoms with Crippen LogP contribution in [-0.2, 0) is 9.59 Å². The van der Waals surface area contributed by atoms with Crippen molar-refractivity contribution in [1.29, 1.82) is 0 Å². The summed E-state index contributed by atoms with van der Waals surface area (Å²) in [6.45, 7) is 0.00130. The first-order valence-electron chi connectivity index (χ1n) is 3.87. The van der Waals surface area contributed by atoms with Gasteiger partial charge in [0.1, 0.15) is 0 Å². The number of hydrogen-bond acceptors (Lipinski definition) is 3. The molecule has 0 aliphatic rings. The lowest BCUT2D eigenvalue weighted by molar-refractivity contribution is -0.148. The Kier molecular flexibility index (Phi) is 5.54. The SMILES string of the molecule is CNC(=S)NCC(CC(=O)O)C(=O)O. The van der Waals surface area contributed by atoms with E-state index < -0.39 is 24.3 Å². The third-order valence-corrected chi connectivity index (χ3v) is 1.85. The first kappa shape index (κ1) is 12.6. The van der Waals surface area contributed by atoms with Crippen LogP contribution in [0.25, 0.3) is 0 Å². The number of thiocarbonyl (C=S) groups is 1.